The lowest BCUT2D eigenvalue weighted by Crippen LogP contribution is -2.38. The standard InChI is InChI=1S/C17H20FN3O3/c1-23-12-9-13-15(11-19)21(17(22)16(13)14(18)10-12)4-2-3-20-5-7-24-8-6-20/h9-10,15H,2-8H2,1H3. The summed E-state index contributed by atoms with van der Waals surface area (Å²) in [5, 5.41) is 9.47. The van der Waals surface area contributed by atoms with Gasteiger partial charge < -0.3 is 14.4 Å². The normalized spacial score (nSPS) is 20.8. The minimum Gasteiger partial charge on any atom is -0.497 e. The maximum atomic E-state index is 14.2. The molecule has 1 atom stereocenters. The van der Waals surface area contributed by atoms with Gasteiger partial charge in [-0.05, 0) is 12.5 Å². The summed E-state index contributed by atoms with van der Waals surface area (Å²) in [5.74, 6) is -0.738. The molecule has 0 aliphatic carbocycles. The predicted octanol–water partition coefficient (Wildman–Crippen LogP) is 1.58. The number of hydrogen-bond acceptors (Lipinski definition) is 5. The van der Waals surface area contributed by atoms with Crippen molar-refractivity contribution in [1.82, 2.24) is 9.80 Å². The van der Waals surface area contributed by atoms with Gasteiger partial charge in [0.25, 0.3) is 5.91 Å². The molecular formula is C17H20FN3O3. The van der Waals surface area contributed by atoms with Crippen LogP contribution in [0.5, 0.6) is 5.75 Å². The van der Waals surface area contributed by atoms with Crippen molar-refractivity contribution in [3.63, 3.8) is 0 Å². The number of methoxy groups -OCH3 is 1. The van der Waals surface area contributed by atoms with Crippen molar-refractivity contribution in [3.05, 3.63) is 29.1 Å². The van der Waals surface area contributed by atoms with Gasteiger partial charge in [-0.1, -0.05) is 0 Å². The molecule has 1 aromatic rings. The summed E-state index contributed by atoms with van der Waals surface area (Å²) >= 11 is 0. The van der Waals surface area contributed by atoms with Gasteiger partial charge in [-0.2, -0.15) is 5.26 Å². The van der Waals surface area contributed by atoms with Gasteiger partial charge in [-0.25, -0.2) is 4.39 Å². The SMILES string of the molecule is COc1cc(F)c2c(c1)C(C#N)N(CCCN1CCOCC1)C2=O. The van der Waals surface area contributed by atoms with Crippen molar-refractivity contribution in [2.45, 2.75) is 12.5 Å². The van der Waals surface area contributed by atoms with E-state index in [1.807, 2.05) is 0 Å². The number of hydrogen-bond donors (Lipinski definition) is 0. The van der Waals surface area contributed by atoms with Crippen molar-refractivity contribution in [2.75, 3.05) is 46.5 Å². The van der Waals surface area contributed by atoms with E-state index < -0.39 is 17.8 Å². The zero-order valence-corrected chi connectivity index (χ0v) is 13.6. The van der Waals surface area contributed by atoms with Gasteiger partial charge in [0.1, 0.15) is 17.6 Å². The fraction of sp³-hybridized carbons (Fsp3) is 0.529. The fourth-order valence-electron chi connectivity index (χ4n) is 3.25. The maximum absolute atomic E-state index is 14.2. The van der Waals surface area contributed by atoms with E-state index in [9.17, 15) is 14.4 Å². The van der Waals surface area contributed by atoms with Crippen molar-refractivity contribution < 1.29 is 18.7 Å². The lowest BCUT2D eigenvalue weighted by Gasteiger charge is -2.27. The number of morpholine rings is 1. The molecule has 1 fully saturated rings. The molecule has 2 heterocycles. The average molecular weight is 333 g/mol. The summed E-state index contributed by atoms with van der Waals surface area (Å²) in [6.07, 6.45) is 0.733. The third-order valence-corrected chi connectivity index (χ3v) is 4.51. The number of benzene rings is 1. The molecular weight excluding hydrogens is 313 g/mol. The van der Waals surface area contributed by atoms with E-state index in [2.05, 4.69) is 11.0 Å². The Labute approximate surface area is 140 Å². The Morgan fingerprint density at radius 1 is 1.38 bits per heavy atom. The zero-order valence-electron chi connectivity index (χ0n) is 13.6. The molecule has 0 saturated carbocycles. The molecule has 24 heavy (non-hydrogen) atoms. The van der Waals surface area contributed by atoms with Crippen LogP contribution in [0.15, 0.2) is 12.1 Å². The summed E-state index contributed by atoms with van der Waals surface area (Å²) in [4.78, 5) is 16.2. The first-order chi connectivity index (χ1) is 11.7. The number of rotatable bonds is 5. The Bertz CT molecular complexity index is 668. The van der Waals surface area contributed by atoms with Crippen molar-refractivity contribution >= 4 is 5.91 Å². The Morgan fingerprint density at radius 2 is 2.12 bits per heavy atom. The lowest BCUT2D eigenvalue weighted by atomic mass is 10.0. The molecule has 0 radical (unpaired) electrons. The largest absolute Gasteiger partial charge is 0.497 e. The first kappa shape index (κ1) is 16.7. The lowest BCUT2D eigenvalue weighted by molar-refractivity contribution is 0.0355. The molecule has 2 aliphatic rings. The minimum absolute atomic E-state index is 0.00581. The van der Waals surface area contributed by atoms with Crippen molar-refractivity contribution in [2.24, 2.45) is 0 Å². The minimum atomic E-state index is -0.762. The second-order valence-corrected chi connectivity index (χ2v) is 5.91. The summed E-state index contributed by atoms with van der Waals surface area (Å²) < 4.78 is 24.6. The van der Waals surface area contributed by atoms with Gasteiger partial charge in [-0.3, -0.25) is 9.69 Å². The highest BCUT2D eigenvalue weighted by atomic mass is 19.1. The zero-order chi connectivity index (χ0) is 17.1. The second kappa shape index (κ2) is 7.16. The molecule has 6 nitrogen and oxygen atoms in total. The van der Waals surface area contributed by atoms with Gasteiger partial charge in [0.2, 0.25) is 0 Å². The van der Waals surface area contributed by atoms with E-state index in [0.717, 1.165) is 39.3 Å². The monoisotopic (exact) mass is 333 g/mol. The van der Waals surface area contributed by atoms with Crippen LogP contribution in [0.1, 0.15) is 28.4 Å². The predicted molar refractivity (Wildman–Crippen MR) is 84.2 cm³/mol. The third kappa shape index (κ3) is 3.07. The topological polar surface area (TPSA) is 65.8 Å². The molecule has 1 saturated heterocycles. The molecule has 128 valence electrons. The highest BCUT2D eigenvalue weighted by Crippen LogP contribution is 2.37. The molecule has 2 aliphatic heterocycles. The van der Waals surface area contributed by atoms with Crippen LogP contribution in [-0.4, -0.2) is 62.2 Å². The number of halogens is 1. The second-order valence-electron chi connectivity index (χ2n) is 5.91. The first-order valence-corrected chi connectivity index (χ1v) is 8.04. The number of carbonyl (C=O) groups is 1. The highest BCUT2D eigenvalue weighted by Gasteiger charge is 2.39. The van der Waals surface area contributed by atoms with Gasteiger partial charge >= 0.3 is 0 Å². The van der Waals surface area contributed by atoms with E-state index in [1.54, 1.807) is 6.07 Å². The number of ether oxygens (including phenoxy) is 2. The summed E-state index contributed by atoms with van der Waals surface area (Å²) in [5.41, 5.74) is 0.388. The molecule has 0 bridgehead atoms. The molecule has 0 aromatic heterocycles. The molecule has 1 aromatic carbocycles. The Kier molecular flexibility index (Phi) is 4.97. The highest BCUT2D eigenvalue weighted by molar-refractivity contribution is 6.00. The van der Waals surface area contributed by atoms with E-state index in [1.165, 1.54) is 18.1 Å². The van der Waals surface area contributed by atoms with Crippen molar-refractivity contribution in [3.8, 4) is 11.8 Å². The smallest absolute Gasteiger partial charge is 0.258 e. The van der Waals surface area contributed by atoms with Crippen LogP contribution in [0.3, 0.4) is 0 Å². The van der Waals surface area contributed by atoms with Gasteiger partial charge in [0, 0.05) is 37.8 Å². The Hall–Kier alpha value is -2.17. The molecule has 7 heteroatoms. The van der Waals surface area contributed by atoms with Gasteiger partial charge in [-0.15, -0.1) is 0 Å². The van der Waals surface area contributed by atoms with E-state index in [0.29, 0.717) is 17.9 Å². The summed E-state index contributed by atoms with van der Waals surface area (Å²) in [6, 6.07) is 4.11. The summed E-state index contributed by atoms with van der Waals surface area (Å²) in [6.45, 7) is 4.45. The average Bonchev–Trinajstić information content (AvgIpc) is 2.87. The number of carbonyl (C=O) groups excluding carboxylic acids is 1. The van der Waals surface area contributed by atoms with Crippen LogP contribution in [-0.2, 0) is 4.74 Å². The van der Waals surface area contributed by atoms with Crippen LogP contribution >= 0.6 is 0 Å². The third-order valence-electron chi connectivity index (χ3n) is 4.51. The molecule has 1 amide bonds. The van der Waals surface area contributed by atoms with E-state index >= 15 is 0 Å². The fourth-order valence-corrected chi connectivity index (χ4v) is 3.25. The van der Waals surface area contributed by atoms with E-state index in [4.69, 9.17) is 9.47 Å². The van der Waals surface area contributed by atoms with Crippen LogP contribution in [0.2, 0.25) is 0 Å². The molecule has 0 spiro atoms. The van der Waals surface area contributed by atoms with Crippen LogP contribution in [0.4, 0.5) is 4.39 Å². The quantitative estimate of drug-likeness (QED) is 0.818. The number of fused-ring (bicyclic) bond motifs is 1. The van der Waals surface area contributed by atoms with E-state index in [-0.39, 0.29) is 5.56 Å². The van der Waals surface area contributed by atoms with Crippen molar-refractivity contribution in [1.29, 1.82) is 5.26 Å². The van der Waals surface area contributed by atoms with Gasteiger partial charge in [0.15, 0.2) is 0 Å². The summed E-state index contributed by atoms with van der Waals surface area (Å²) in [7, 11) is 1.43. The molecule has 0 N–H and O–H groups in total. The first-order valence-electron chi connectivity index (χ1n) is 8.04. The van der Waals surface area contributed by atoms with Crippen LogP contribution < -0.4 is 4.74 Å². The maximum Gasteiger partial charge on any atom is 0.258 e. The van der Waals surface area contributed by atoms with Crippen LogP contribution in [0, 0.1) is 17.1 Å². The van der Waals surface area contributed by atoms with Crippen LogP contribution in [0.25, 0.3) is 0 Å². The molecule has 3 rings (SSSR count). The van der Waals surface area contributed by atoms with Gasteiger partial charge in [0.05, 0.1) is 32.0 Å². The Morgan fingerprint density at radius 3 is 2.79 bits per heavy atom. The number of amides is 1. The Balaban J connectivity index is 1.71. The number of nitrogens with zero attached hydrogens (tertiary/aromatic N) is 3. The molecule has 1 unspecified atom stereocenters. The number of nitriles is 1.